The Balaban J connectivity index is 1.51. The minimum absolute atomic E-state index is 1.07. The molecular weight excluding hydrogens is 502 g/mol. The smallest absolute Gasteiger partial charge is 0.0540 e. The largest absolute Gasteiger partial charge is 0.310 e. The summed E-state index contributed by atoms with van der Waals surface area (Å²) in [6.07, 6.45) is 8.20. The molecule has 0 bridgehead atoms. The summed E-state index contributed by atoms with van der Waals surface area (Å²) in [6, 6.07) is 38.0. The number of hydrogen-bond acceptors (Lipinski definition) is 2. The average Bonchev–Trinajstić information content (AvgIpc) is 3.43. The zero-order chi connectivity index (χ0) is 27.2. The number of anilines is 2. The van der Waals surface area contributed by atoms with Crippen LogP contribution in [0.3, 0.4) is 0 Å². The van der Waals surface area contributed by atoms with Crippen LogP contribution in [0.1, 0.15) is 11.8 Å². The SMILES string of the molecule is C=C/C=C(\C=C/C)N(c1ccc(-c2ccc(C)s2)cc1)c1ccc2c3cccc4cccc(c5cccc1c52)c43. The normalized spacial score (nSPS) is 12.4. The lowest BCUT2D eigenvalue weighted by Crippen LogP contribution is -2.15. The molecule has 0 amide bonds. The quantitative estimate of drug-likeness (QED) is 0.117. The van der Waals surface area contributed by atoms with Gasteiger partial charge in [0.25, 0.3) is 0 Å². The van der Waals surface area contributed by atoms with Crippen LogP contribution in [0.2, 0.25) is 0 Å². The minimum Gasteiger partial charge on any atom is -0.310 e. The van der Waals surface area contributed by atoms with Crippen LogP contribution in [0.15, 0.2) is 140 Å². The summed E-state index contributed by atoms with van der Waals surface area (Å²) in [6.45, 7) is 8.25. The lowest BCUT2D eigenvalue weighted by molar-refractivity contribution is 1.22. The van der Waals surface area contributed by atoms with Gasteiger partial charge in [0, 0.05) is 26.5 Å². The molecule has 0 fully saturated rings. The summed E-state index contributed by atoms with van der Waals surface area (Å²) in [5.41, 5.74) is 4.57. The summed E-state index contributed by atoms with van der Waals surface area (Å²) in [5, 5.41) is 10.4. The Morgan fingerprint density at radius 2 is 1.35 bits per heavy atom. The number of nitrogens with zero attached hydrogens (tertiary/aromatic N) is 1. The molecule has 1 nitrogen and oxygen atoms in total. The fraction of sp³-hybridized carbons (Fsp3) is 0.0526. The van der Waals surface area contributed by atoms with Crippen LogP contribution in [0.4, 0.5) is 11.4 Å². The van der Waals surface area contributed by atoms with Crippen molar-refractivity contribution in [1.29, 1.82) is 0 Å². The van der Waals surface area contributed by atoms with Gasteiger partial charge in [-0.3, -0.25) is 0 Å². The van der Waals surface area contributed by atoms with E-state index in [-0.39, 0.29) is 0 Å². The predicted octanol–water partition coefficient (Wildman–Crippen LogP) is 11.6. The molecular formula is C38H29NS. The van der Waals surface area contributed by atoms with Gasteiger partial charge in [-0.25, -0.2) is 0 Å². The van der Waals surface area contributed by atoms with Crippen LogP contribution in [0, 0.1) is 6.92 Å². The van der Waals surface area contributed by atoms with E-state index >= 15 is 0 Å². The molecule has 6 aromatic carbocycles. The van der Waals surface area contributed by atoms with E-state index < -0.39 is 0 Å². The Kier molecular flexibility index (Phi) is 5.99. The Morgan fingerprint density at radius 3 is 2.00 bits per heavy atom. The summed E-state index contributed by atoms with van der Waals surface area (Å²) < 4.78 is 0. The van der Waals surface area contributed by atoms with Gasteiger partial charge < -0.3 is 4.90 Å². The van der Waals surface area contributed by atoms with Crippen molar-refractivity contribution in [2.45, 2.75) is 13.8 Å². The van der Waals surface area contributed by atoms with Crippen molar-refractivity contribution in [3.8, 4) is 10.4 Å². The highest BCUT2D eigenvalue weighted by atomic mass is 32.1. The maximum Gasteiger partial charge on any atom is 0.0540 e. The summed E-state index contributed by atoms with van der Waals surface area (Å²) >= 11 is 1.83. The van der Waals surface area contributed by atoms with E-state index in [1.807, 2.05) is 17.4 Å². The monoisotopic (exact) mass is 531 g/mol. The molecule has 0 N–H and O–H groups in total. The molecule has 2 heteroatoms. The zero-order valence-corrected chi connectivity index (χ0v) is 23.5. The zero-order valence-electron chi connectivity index (χ0n) is 22.7. The molecule has 0 atom stereocenters. The van der Waals surface area contributed by atoms with Gasteiger partial charge in [-0.1, -0.05) is 91.5 Å². The molecule has 0 aliphatic rings. The number of fused-ring (bicyclic) bond motifs is 2. The van der Waals surface area contributed by atoms with E-state index in [0.29, 0.717) is 0 Å². The van der Waals surface area contributed by atoms with Crippen molar-refractivity contribution < 1.29 is 0 Å². The van der Waals surface area contributed by atoms with Crippen LogP contribution in [-0.2, 0) is 0 Å². The summed E-state index contributed by atoms with van der Waals surface area (Å²) in [7, 11) is 0. The van der Waals surface area contributed by atoms with Gasteiger partial charge in [-0.15, -0.1) is 11.3 Å². The summed E-state index contributed by atoms with van der Waals surface area (Å²) in [4.78, 5) is 4.97. The Hall–Kier alpha value is -4.66. The maximum absolute atomic E-state index is 4.03. The number of aryl methyl sites for hydroxylation is 1. The van der Waals surface area contributed by atoms with Gasteiger partial charge >= 0.3 is 0 Å². The fourth-order valence-corrected chi connectivity index (χ4v) is 6.99. The Bertz CT molecular complexity index is 2040. The maximum atomic E-state index is 4.03. The van der Waals surface area contributed by atoms with Crippen LogP contribution in [-0.4, -0.2) is 0 Å². The number of hydrogen-bond donors (Lipinski definition) is 0. The Morgan fingerprint density at radius 1 is 0.700 bits per heavy atom. The molecule has 1 aromatic heterocycles. The van der Waals surface area contributed by atoms with E-state index in [2.05, 4.69) is 147 Å². The van der Waals surface area contributed by atoms with Gasteiger partial charge in [0.15, 0.2) is 0 Å². The van der Waals surface area contributed by atoms with Crippen molar-refractivity contribution in [3.63, 3.8) is 0 Å². The number of rotatable bonds is 6. The molecule has 0 aliphatic carbocycles. The lowest BCUT2D eigenvalue weighted by Gasteiger charge is -2.28. The van der Waals surface area contributed by atoms with E-state index in [0.717, 1.165) is 17.1 Å². The molecule has 0 aliphatic heterocycles. The summed E-state index contributed by atoms with van der Waals surface area (Å²) in [5.74, 6) is 0. The number of allylic oxidation sites excluding steroid dienone is 4. The second-order valence-corrected chi connectivity index (χ2v) is 11.5. The van der Waals surface area contributed by atoms with E-state index in [1.54, 1.807) is 0 Å². The molecule has 1 heterocycles. The third-order valence-electron chi connectivity index (χ3n) is 7.78. The molecule has 40 heavy (non-hydrogen) atoms. The first-order valence-electron chi connectivity index (χ1n) is 13.7. The number of benzene rings is 6. The van der Waals surface area contributed by atoms with E-state index in [1.165, 1.54) is 58.4 Å². The van der Waals surface area contributed by atoms with Crippen molar-refractivity contribution in [1.82, 2.24) is 0 Å². The molecule has 192 valence electrons. The molecule has 7 rings (SSSR count). The van der Waals surface area contributed by atoms with E-state index in [4.69, 9.17) is 0 Å². The highest BCUT2D eigenvalue weighted by Crippen LogP contribution is 2.45. The second kappa shape index (κ2) is 9.82. The van der Waals surface area contributed by atoms with Gasteiger partial charge in [0.1, 0.15) is 0 Å². The standard InChI is InChI=1S/C38H29NS/c1-4-9-28(10-5-2)39(29-20-18-26(19-21-29)36-24-17-25(3)40-36)35-23-22-33-31-14-7-12-27-11-6-13-30(37(27)31)32-15-8-16-34(35)38(32)33/h4-24H,1H2,2-3H3/b10-5-,28-9+. The van der Waals surface area contributed by atoms with Crippen molar-refractivity contribution >= 4 is 65.8 Å². The molecule has 0 radical (unpaired) electrons. The van der Waals surface area contributed by atoms with Crippen LogP contribution >= 0.6 is 11.3 Å². The minimum atomic E-state index is 1.07. The third kappa shape index (κ3) is 3.84. The van der Waals surface area contributed by atoms with Gasteiger partial charge in [-0.2, -0.15) is 0 Å². The molecule has 7 aromatic rings. The molecule has 0 saturated carbocycles. The van der Waals surface area contributed by atoms with Gasteiger partial charge in [0.05, 0.1) is 5.69 Å². The predicted molar refractivity (Wildman–Crippen MR) is 177 cm³/mol. The van der Waals surface area contributed by atoms with Gasteiger partial charge in [0.2, 0.25) is 0 Å². The topological polar surface area (TPSA) is 3.24 Å². The first-order chi connectivity index (χ1) is 19.7. The van der Waals surface area contributed by atoms with E-state index in [9.17, 15) is 0 Å². The average molecular weight is 532 g/mol. The third-order valence-corrected chi connectivity index (χ3v) is 8.83. The first-order valence-corrected chi connectivity index (χ1v) is 14.5. The molecule has 0 unspecified atom stereocenters. The van der Waals surface area contributed by atoms with Crippen molar-refractivity contribution in [2.75, 3.05) is 4.90 Å². The Labute approximate surface area is 239 Å². The second-order valence-electron chi connectivity index (χ2n) is 10.2. The van der Waals surface area contributed by atoms with Crippen LogP contribution < -0.4 is 4.90 Å². The lowest BCUT2D eigenvalue weighted by atomic mass is 9.89. The first kappa shape index (κ1) is 24.4. The van der Waals surface area contributed by atoms with Gasteiger partial charge in [-0.05, 0) is 99.6 Å². The van der Waals surface area contributed by atoms with Crippen molar-refractivity contribution in [2.24, 2.45) is 0 Å². The highest BCUT2D eigenvalue weighted by molar-refractivity contribution is 7.15. The molecule has 0 saturated heterocycles. The fourth-order valence-electron chi connectivity index (χ4n) is 6.11. The highest BCUT2D eigenvalue weighted by Gasteiger charge is 2.20. The molecule has 0 spiro atoms. The van der Waals surface area contributed by atoms with Crippen LogP contribution in [0.5, 0.6) is 0 Å². The number of thiophene rings is 1. The van der Waals surface area contributed by atoms with Crippen molar-refractivity contribution in [3.05, 3.63) is 145 Å². The van der Waals surface area contributed by atoms with Crippen LogP contribution in [0.25, 0.3) is 53.5 Å².